The van der Waals surface area contributed by atoms with Crippen molar-refractivity contribution in [3.05, 3.63) is 102 Å². The Morgan fingerprint density at radius 2 is 1.74 bits per heavy atom. The molecule has 2 aromatic carbocycles. The maximum Gasteiger partial charge on any atom is 0.271 e. The topological polar surface area (TPSA) is 25.2 Å². The first-order chi connectivity index (χ1) is 17.1. The number of anilines is 1. The molecule has 5 rings (SSSR count). The van der Waals surface area contributed by atoms with Gasteiger partial charge >= 0.3 is 0 Å². The number of para-hydroxylation sites is 1. The predicted molar refractivity (Wildman–Crippen MR) is 151 cm³/mol. The summed E-state index contributed by atoms with van der Waals surface area (Å²) in [6, 6.07) is 17.0. The molecule has 3 nitrogen and oxygen atoms in total. The molecular weight excluding hydrogens is 448 g/mol. The molecule has 0 radical (unpaired) electrons. The summed E-state index contributed by atoms with van der Waals surface area (Å²) in [5.74, 6) is 0. The van der Waals surface area contributed by atoms with Crippen LogP contribution in [0.2, 0.25) is 0 Å². The standard InChI is InChI=1S/C31H32N2OS/c1-4-12-22-13-6-7-15-24(26-17-10-9-16-25(22)26)21-29-33(5-2)31(34)30(35-29)28-20-19-23-14-8-11-18-27(23)32(28)3/h7-11,14-21H,4-6,12-13H2,1-3H3/b15-7-,25-22-,26-24+,29-21-,30-28-. The van der Waals surface area contributed by atoms with Gasteiger partial charge < -0.3 is 4.90 Å². The summed E-state index contributed by atoms with van der Waals surface area (Å²) in [5.41, 5.74) is 6.03. The lowest BCUT2D eigenvalue weighted by atomic mass is 9.96. The van der Waals surface area contributed by atoms with Crippen LogP contribution in [-0.4, -0.2) is 11.6 Å². The van der Waals surface area contributed by atoms with Crippen molar-refractivity contribution in [1.29, 1.82) is 0 Å². The molecule has 0 saturated carbocycles. The second-order valence-corrected chi connectivity index (χ2v) is 10.1. The number of nitrogens with zero attached hydrogens (tertiary/aromatic N) is 2. The fourth-order valence-corrected chi connectivity index (χ4v) is 6.35. The van der Waals surface area contributed by atoms with Gasteiger partial charge in [0.25, 0.3) is 5.56 Å². The minimum Gasteiger partial charge on any atom is -0.343 e. The van der Waals surface area contributed by atoms with E-state index in [0.29, 0.717) is 6.54 Å². The van der Waals surface area contributed by atoms with Gasteiger partial charge in [0.2, 0.25) is 0 Å². The van der Waals surface area contributed by atoms with Crippen LogP contribution >= 0.6 is 11.3 Å². The van der Waals surface area contributed by atoms with Gasteiger partial charge in [-0.3, -0.25) is 9.36 Å². The highest BCUT2D eigenvalue weighted by Gasteiger charge is 2.17. The lowest BCUT2D eigenvalue weighted by Crippen LogP contribution is -2.35. The van der Waals surface area contributed by atoms with Gasteiger partial charge in [-0.2, -0.15) is 0 Å². The number of thiazole rings is 1. The zero-order valence-electron chi connectivity index (χ0n) is 20.8. The number of benzene rings is 2. The van der Waals surface area contributed by atoms with Crippen molar-refractivity contribution in [3.8, 4) is 0 Å². The van der Waals surface area contributed by atoms with Gasteiger partial charge in [0.05, 0.1) is 10.4 Å². The number of fused-ring (bicyclic) bond motifs is 2. The number of likely N-dealkylation sites (N-methyl/N-ethyl adjacent to an activating group) is 1. The first kappa shape index (κ1) is 23.4. The highest BCUT2D eigenvalue weighted by Crippen LogP contribution is 2.29. The van der Waals surface area contributed by atoms with Crippen LogP contribution in [0.5, 0.6) is 0 Å². The summed E-state index contributed by atoms with van der Waals surface area (Å²) < 4.78 is 3.69. The van der Waals surface area contributed by atoms with E-state index >= 15 is 0 Å². The van der Waals surface area contributed by atoms with Crippen molar-refractivity contribution in [2.75, 3.05) is 11.9 Å². The van der Waals surface area contributed by atoms with Gasteiger partial charge in [-0.1, -0.05) is 79.6 Å². The molecule has 0 amide bonds. The highest BCUT2D eigenvalue weighted by atomic mass is 32.1. The van der Waals surface area contributed by atoms with Crippen molar-refractivity contribution in [1.82, 2.24) is 4.57 Å². The van der Waals surface area contributed by atoms with Gasteiger partial charge in [0, 0.05) is 19.3 Å². The van der Waals surface area contributed by atoms with E-state index in [0.717, 1.165) is 46.3 Å². The number of hydrogen-bond donors (Lipinski definition) is 0. The van der Waals surface area contributed by atoms with Crippen LogP contribution in [0.15, 0.2) is 71.6 Å². The van der Waals surface area contributed by atoms with Crippen LogP contribution in [0, 0.1) is 0 Å². The minimum atomic E-state index is 0.0802. The van der Waals surface area contributed by atoms with Crippen molar-refractivity contribution in [3.63, 3.8) is 0 Å². The van der Waals surface area contributed by atoms with Gasteiger partial charge in [0.1, 0.15) is 4.53 Å². The van der Waals surface area contributed by atoms with Crippen LogP contribution in [0.3, 0.4) is 0 Å². The van der Waals surface area contributed by atoms with Crippen LogP contribution < -0.4 is 30.1 Å². The second-order valence-electron chi connectivity index (χ2n) is 9.10. The van der Waals surface area contributed by atoms with E-state index < -0.39 is 0 Å². The molecule has 4 heteroatoms. The summed E-state index contributed by atoms with van der Waals surface area (Å²) >= 11 is 1.59. The zero-order chi connectivity index (χ0) is 24.4. The average Bonchev–Trinajstić information content (AvgIpc) is 3.19. The Labute approximate surface area is 210 Å². The van der Waals surface area contributed by atoms with Crippen molar-refractivity contribution >= 4 is 46.0 Å². The summed E-state index contributed by atoms with van der Waals surface area (Å²) in [4.78, 5) is 15.7. The number of allylic oxidation sites excluding steroid dienone is 2. The third-order valence-electron chi connectivity index (χ3n) is 6.90. The molecule has 0 saturated heterocycles. The van der Waals surface area contributed by atoms with Crippen molar-refractivity contribution in [2.24, 2.45) is 0 Å². The van der Waals surface area contributed by atoms with Gasteiger partial charge in [-0.05, 0) is 66.0 Å². The SMILES string of the molecule is CCC\C1=c2/cccc/c2=C(\C=c2/s/c(=C3/C=Cc4ccccc4N3C)c(=O)n2CC)/C=C\CC1. The molecule has 0 fully saturated rings. The third-order valence-corrected chi connectivity index (χ3v) is 8.04. The summed E-state index contributed by atoms with van der Waals surface area (Å²) in [6.45, 7) is 4.94. The quantitative estimate of drug-likeness (QED) is 0.561. The maximum absolute atomic E-state index is 13.6. The molecule has 0 spiro atoms. The van der Waals surface area contributed by atoms with E-state index in [1.165, 1.54) is 27.1 Å². The Kier molecular flexibility index (Phi) is 6.74. The summed E-state index contributed by atoms with van der Waals surface area (Å²) in [6.07, 6.45) is 15.3. The fraction of sp³-hybridized carbons (Fsp3) is 0.258. The smallest absolute Gasteiger partial charge is 0.271 e. The molecule has 1 aromatic heterocycles. The van der Waals surface area contributed by atoms with E-state index in [-0.39, 0.29) is 5.56 Å². The van der Waals surface area contributed by atoms with Crippen LogP contribution in [0.4, 0.5) is 5.69 Å². The van der Waals surface area contributed by atoms with Crippen LogP contribution in [-0.2, 0) is 6.54 Å². The lowest BCUT2D eigenvalue weighted by Gasteiger charge is -2.25. The van der Waals surface area contributed by atoms with Crippen molar-refractivity contribution in [2.45, 2.75) is 46.1 Å². The molecule has 178 valence electrons. The molecular formula is C31H32N2OS. The molecule has 1 aliphatic heterocycles. The third kappa shape index (κ3) is 4.39. The average molecular weight is 481 g/mol. The van der Waals surface area contributed by atoms with E-state index in [9.17, 15) is 4.79 Å². The first-order valence-corrected chi connectivity index (χ1v) is 13.4. The lowest BCUT2D eigenvalue weighted by molar-refractivity contribution is 0.723. The molecule has 3 aromatic rings. The first-order valence-electron chi connectivity index (χ1n) is 12.6. The molecule has 35 heavy (non-hydrogen) atoms. The summed E-state index contributed by atoms with van der Waals surface area (Å²) in [5, 5.41) is 2.61. The number of aromatic nitrogens is 1. The molecule has 0 unspecified atom stereocenters. The Balaban J connectivity index is 1.79. The molecule has 2 heterocycles. The maximum atomic E-state index is 13.6. The van der Waals surface area contributed by atoms with E-state index in [1.54, 1.807) is 11.3 Å². The normalized spacial score (nSPS) is 21.3. The monoisotopic (exact) mass is 480 g/mol. The Morgan fingerprint density at radius 1 is 0.971 bits per heavy atom. The van der Waals surface area contributed by atoms with Crippen LogP contribution in [0.1, 0.15) is 45.1 Å². The Morgan fingerprint density at radius 3 is 2.54 bits per heavy atom. The molecule has 0 bridgehead atoms. The molecule has 0 atom stereocenters. The Hall–Kier alpha value is -3.37. The van der Waals surface area contributed by atoms with Crippen LogP contribution in [0.25, 0.3) is 29.0 Å². The van der Waals surface area contributed by atoms with Gasteiger partial charge in [-0.15, -0.1) is 11.3 Å². The number of rotatable bonds is 4. The fourth-order valence-electron chi connectivity index (χ4n) is 5.12. The Bertz CT molecular complexity index is 1630. The van der Waals surface area contributed by atoms with Crippen molar-refractivity contribution < 1.29 is 0 Å². The minimum absolute atomic E-state index is 0.0802. The predicted octanol–water partition coefficient (Wildman–Crippen LogP) is 4.13. The van der Waals surface area contributed by atoms with Gasteiger partial charge in [0.15, 0.2) is 0 Å². The molecule has 0 N–H and O–H groups in total. The number of hydrogen-bond acceptors (Lipinski definition) is 3. The van der Waals surface area contributed by atoms with E-state index in [2.05, 4.69) is 85.5 Å². The zero-order valence-corrected chi connectivity index (χ0v) is 21.6. The molecule has 1 aliphatic carbocycles. The molecule has 2 aliphatic rings. The van der Waals surface area contributed by atoms with Gasteiger partial charge in [-0.25, -0.2) is 0 Å². The largest absolute Gasteiger partial charge is 0.343 e. The van der Waals surface area contributed by atoms with E-state index in [4.69, 9.17) is 0 Å². The summed E-state index contributed by atoms with van der Waals surface area (Å²) in [7, 11) is 2.05. The highest BCUT2D eigenvalue weighted by molar-refractivity contribution is 7.07. The van der Waals surface area contributed by atoms with E-state index in [1.807, 2.05) is 23.7 Å². The second kappa shape index (κ2) is 10.1.